The molecule has 33 heavy (non-hydrogen) atoms. The van der Waals surface area contributed by atoms with E-state index in [1.807, 2.05) is 84.9 Å². The monoisotopic (exact) mass is 499 g/mol. The Morgan fingerprint density at radius 1 is 0.970 bits per heavy atom. The molecule has 0 aromatic heterocycles. The van der Waals surface area contributed by atoms with E-state index in [-0.39, 0.29) is 6.42 Å². The van der Waals surface area contributed by atoms with Crippen molar-refractivity contribution in [2.75, 3.05) is 7.11 Å². The Labute approximate surface area is 201 Å². The number of aliphatic carboxylic acids is 1. The maximum Gasteiger partial charge on any atom is 0.325 e. The molecule has 0 radical (unpaired) electrons. The summed E-state index contributed by atoms with van der Waals surface area (Å²) in [6.45, 7) is 0. The number of benzene rings is 4. The van der Waals surface area contributed by atoms with Crippen molar-refractivity contribution < 1.29 is 14.6 Å². The Bertz CT molecular complexity index is 1360. The van der Waals surface area contributed by atoms with Crippen LogP contribution in [0.4, 0.5) is 0 Å². The number of halogens is 1. The standard InChI is InChI=1S/C28H22BrNO3/c1-33-25-16-7-5-13-23(25)26(22-14-8-11-19-9-2-4-12-21(19)22)28(18-30,27(31)32)17-20-10-3-6-15-24(20)29/h2-16,26H,17H2,1H3,(H,31,32). The van der Waals surface area contributed by atoms with Gasteiger partial charge < -0.3 is 9.84 Å². The van der Waals surface area contributed by atoms with Crippen LogP contribution in [0, 0.1) is 16.7 Å². The van der Waals surface area contributed by atoms with Gasteiger partial charge in [0.1, 0.15) is 5.75 Å². The number of carboxylic acid groups (broad SMARTS) is 1. The summed E-state index contributed by atoms with van der Waals surface area (Å²) in [5, 5.41) is 23.1. The molecule has 4 aromatic rings. The van der Waals surface area contributed by atoms with Crippen molar-refractivity contribution in [1.29, 1.82) is 5.26 Å². The van der Waals surface area contributed by atoms with E-state index in [9.17, 15) is 15.2 Å². The zero-order chi connectivity index (χ0) is 23.4. The van der Waals surface area contributed by atoms with Gasteiger partial charge in [-0.15, -0.1) is 0 Å². The Morgan fingerprint density at radius 3 is 2.33 bits per heavy atom. The van der Waals surface area contributed by atoms with Gasteiger partial charge in [0.05, 0.1) is 13.2 Å². The molecule has 164 valence electrons. The third kappa shape index (κ3) is 4.10. The second-order valence-electron chi connectivity index (χ2n) is 7.90. The quantitative estimate of drug-likeness (QED) is 0.311. The summed E-state index contributed by atoms with van der Waals surface area (Å²) in [6.07, 6.45) is 0.0200. The first-order chi connectivity index (χ1) is 16.0. The van der Waals surface area contributed by atoms with Crippen molar-refractivity contribution in [3.05, 3.63) is 112 Å². The van der Waals surface area contributed by atoms with Crippen LogP contribution in [0.1, 0.15) is 22.6 Å². The van der Waals surface area contributed by atoms with E-state index in [0.29, 0.717) is 11.3 Å². The van der Waals surface area contributed by atoms with Crippen molar-refractivity contribution in [3.8, 4) is 11.8 Å². The lowest BCUT2D eigenvalue weighted by molar-refractivity contribution is -0.146. The van der Waals surface area contributed by atoms with Crippen molar-refractivity contribution in [3.63, 3.8) is 0 Å². The Kier molecular flexibility index (Phi) is 6.48. The molecule has 0 aliphatic heterocycles. The molecule has 0 aliphatic carbocycles. The molecule has 0 heterocycles. The van der Waals surface area contributed by atoms with Crippen LogP contribution < -0.4 is 4.74 Å². The summed E-state index contributed by atoms with van der Waals surface area (Å²) in [5.41, 5.74) is 0.394. The molecule has 2 atom stereocenters. The number of ether oxygens (including phenoxy) is 1. The maximum atomic E-state index is 13.0. The number of methoxy groups -OCH3 is 1. The highest BCUT2D eigenvalue weighted by Crippen LogP contribution is 2.48. The van der Waals surface area contributed by atoms with Crippen molar-refractivity contribution in [1.82, 2.24) is 0 Å². The average molecular weight is 500 g/mol. The van der Waals surface area contributed by atoms with E-state index in [2.05, 4.69) is 22.0 Å². The lowest BCUT2D eigenvalue weighted by atomic mass is 9.65. The van der Waals surface area contributed by atoms with Crippen molar-refractivity contribution in [2.45, 2.75) is 12.3 Å². The average Bonchev–Trinajstić information content (AvgIpc) is 2.85. The zero-order valence-electron chi connectivity index (χ0n) is 18.0. The highest BCUT2D eigenvalue weighted by molar-refractivity contribution is 9.10. The van der Waals surface area contributed by atoms with Gasteiger partial charge in [0, 0.05) is 22.4 Å². The highest BCUT2D eigenvalue weighted by atomic mass is 79.9. The van der Waals surface area contributed by atoms with E-state index in [1.165, 1.54) is 0 Å². The lowest BCUT2D eigenvalue weighted by Crippen LogP contribution is -2.39. The number of para-hydroxylation sites is 1. The minimum absolute atomic E-state index is 0.0200. The van der Waals surface area contributed by atoms with Gasteiger partial charge in [0.15, 0.2) is 5.41 Å². The van der Waals surface area contributed by atoms with Crippen LogP contribution in [0.15, 0.2) is 95.5 Å². The summed E-state index contributed by atoms with van der Waals surface area (Å²) in [4.78, 5) is 13.0. The molecular formula is C28H22BrNO3. The number of hydrogen-bond acceptors (Lipinski definition) is 3. The predicted molar refractivity (Wildman–Crippen MR) is 132 cm³/mol. The van der Waals surface area contributed by atoms with Gasteiger partial charge in [-0.2, -0.15) is 5.26 Å². The molecule has 0 fully saturated rings. The first-order valence-corrected chi connectivity index (χ1v) is 11.3. The molecule has 0 amide bonds. The highest BCUT2D eigenvalue weighted by Gasteiger charge is 2.50. The van der Waals surface area contributed by atoms with E-state index in [4.69, 9.17) is 4.74 Å². The molecule has 4 aromatic carbocycles. The Balaban J connectivity index is 2.07. The predicted octanol–water partition coefficient (Wildman–Crippen LogP) is 6.58. The van der Waals surface area contributed by atoms with Gasteiger partial charge >= 0.3 is 5.97 Å². The molecule has 4 rings (SSSR count). The fourth-order valence-electron chi connectivity index (χ4n) is 4.50. The van der Waals surface area contributed by atoms with Crippen LogP contribution in [0.3, 0.4) is 0 Å². The van der Waals surface area contributed by atoms with Crippen molar-refractivity contribution >= 4 is 32.7 Å². The molecule has 1 N–H and O–H groups in total. The number of nitrogens with zero attached hydrogens (tertiary/aromatic N) is 1. The number of carbonyl (C=O) groups is 1. The zero-order valence-corrected chi connectivity index (χ0v) is 19.6. The van der Waals surface area contributed by atoms with Crippen LogP contribution in [0.25, 0.3) is 10.8 Å². The first kappa shape index (κ1) is 22.6. The summed E-state index contributed by atoms with van der Waals surface area (Å²) >= 11 is 3.53. The van der Waals surface area contributed by atoms with Gasteiger partial charge in [0.25, 0.3) is 0 Å². The molecule has 0 bridgehead atoms. The molecule has 0 aliphatic rings. The molecule has 0 spiro atoms. The topological polar surface area (TPSA) is 70.3 Å². The Hall–Kier alpha value is -3.62. The summed E-state index contributed by atoms with van der Waals surface area (Å²) < 4.78 is 6.41. The van der Waals surface area contributed by atoms with Crippen LogP contribution >= 0.6 is 15.9 Å². The van der Waals surface area contributed by atoms with Gasteiger partial charge in [-0.25, -0.2) is 0 Å². The second kappa shape index (κ2) is 9.48. The fourth-order valence-corrected chi connectivity index (χ4v) is 4.93. The van der Waals surface area contributed by atoms with E-state index < -0.39 is 17.3 Å². The fraction of sp³-hybridized carbons (Fsp3) is 0.143. The molecule has 2 unspecified atom stereocenters. The molecule has 0 saturated carbocycles. The number of rotatable bonds is 7. The number of nitriles is 1. The normalized spacial score (nSPS) is 13.6. The molecule has 0 saturated heterocycles. The van der Waals surface area contributed by atoms with E-state index in [1.54, 1.807) is 13.2 Å². The van der Waals surface area contributed by atoms with Crippen LogP contribution in [-0.2, 0) is 11.2 Å². The van der Waals surface area contributed by atoms with Gasteiger partial charge in [-0.1, -0.05) is 94.8 Å². The van der Waals surface area contributed by atoms with Crippen molar-refractivity contribution in [2.24, 2.45) is 5.41 Å². The maximum absolute atomic E-state index is 13.0. The van der Waals surface area contributed by atoms with Gasteiger partial charge in [-0.05, 0) is 34.0 Å². The number of fused-ring (bicyclic) bond motifs is 1. The molecule has 4 nitrogen and oxygen atoms in total. The third-order valence-electron chi connectivity index (χ3n) is 6.09. The number of carboxylic acids is 1. The lowest BCUT2D eigenvalue weighted by Gasteiger charge is -2.34. The number of hydrogen-bond donors (Lipinski definition) is 1. The van der Waals surface area contributed by atoms with Gasteiger partial charge in [0.2, 0.25) is 0 Å². The SMILES string of the molecule is COc1ccccc1C(c1cccc2ccccc12)C(C#N)(Cc1ccccc1Br)C(=O)O. The van der Waals surface area contributed by atoms with E-state index >= 15 is 0 Å². The first-order valence-electron chi connectivity index (χ1n) is 10.5. The summed E-state index contributed by atoms with van der Waals surface area (Å²) in [7, 11) is 1.56. The minimum atomic E-state index is -1.79. The van der Waals surface area contributed by atoms with Gasteiger partial charge in [-0.3, -0.25) is 4.79 Å². The van der Waals surface area contributed by atoms with E-state index in [0.717, 1.165) is 26.4 Å². The summed E-state index contributed by atoms with van der Waals surface area (Å²) in [6, 6.07) is 30.6. The Morgan fingerprint density at radius 2 is 1.61 bits per heavy atom. The third-order valence-corrected chi connectivity index (χ3v) is 6.86. The summed E-state index contributed by atoms with van der Waals surface area (Å²) in [5.74, 6) is -1.41. The minimum Gasteiger partial charge on any atom is -0.496 e. The molecular weight excluding hydrogens is 478 g/mol. The van der Waals surface area contributed by atoms with Crippen LogP contribution in [-0.4, -0.2) is 18.2 Å². The van der Waals surface area contributed by atoms with Crippen LogP contribution in [0.2, 0.25) is 0 Å². The largest absolute Gasteiger partial charge is 0.496 e. The molecule has 5 heteroatoms. The smallest absolute Gasteiger partial charge is 0.325 e. The second-order valence-corrected chi connectivity index (χ2v) is 8.75. The van der Waals surface area contributed by atoms with Crippen LogP contribution in [0.5, 0.6) is 5.75 Å².